The minimum absolute atomic E-state index is 0.112. The number of thiophene rings is 1. The lowest BCUT2D eigenvalue weighted by Gasteiger charge is -2.12. The number of nitrogens with zero attached hydrogens (tertiary/aromatic N) is 4. The Labute approximate surface area is 204 Å². The smallest absolute Gasteiger partial charge is 0.269 e. The van der Waals surface area contributed by atoms with Gasteiger partial charge in [-0.15, -0.1) is 22.7 Å². The van der Waals surface area contributed by atoms with Gasteiger partial charge >= 0.3 is 0 Å². The summed E-state index contributed by atoms with van der Waals surface area (Å²) in [5.41, 5.74) is 3.39. The molecule has 0 atom stereocenters. The van der Waals surface area contributed by atoms with Gasteiger partial charge in [-0.2, -0.15) is 5.10 Å². The van der Waals surface area contributed by atoms with Crippen LogP contribution in [0.2, 0.25) is 0 Å². The van der Waals surface area contributed by atoms with E-state index in [0.717, 1.165) is 32.9 Å². The molecule has 34 heavy (non-hydrogen) atoms. The molecule has 0 aliphatic heterocycles. The molecule has 2 aromatic carbocycles. The van der Waals surface area contributed by atoms with Gasteiger partial charge in [0.15, 0.2) is 5.13 Å². The highest BCUT2D eigenvalue weighted by molar-refractivity contribution is 7.20. The highest BCUT2D eigenvalue weighted by atomic mass is 32.1. The van der Waals surface area contributed by atoms with Crippen LogP contribution in [0.25, 0.3) is 27.2 Å². The zero-order valence-corrected chi connectivity index (χ0v) is 20.7. The number of thiazole rings is 1. The Morgan fingerprint density at radius 2 is 1.85 bits per heavy atom. The number of amides is 1. The molecule has 0 N–H and O–H groups in total. The number of carbonyl (C=O) groups excluding carboxylic acids is 1. The van der Waals surface area contributed by atoms with E-state index in [2.05, 4.69) is 5.10 Å². The summed E-state index contributed by atoms with van der Waals surface area (Å²) < 4.78 is 12.7. The molecule has 3 heterocycles. The van der Waals surface area contributed by atoms with Crippen LogP contribution in [0.5, 0.6) is 11.5 Å². The maximum atomic E-state index is 13.4. The largest absolute Gasteiger partial charge is 0.497 e. The van der Waals surface area contributed by atoms with Crippen LogP contribution in [0.1, 0.15) is 15.4 Å². The number of hydrogen-bond donors (Lipinski definition) is 0. The summed E-state index contributed by atoms with van der Waals surface area (Å²) in [6.45, 7) is 1.96. The Bertz CT molecular complexity index is 1490. The first-order valence-corrected chi connectivity index (χ1v) is 12.2. The average Bonchev–Trinajstić information content (AvgIpc) is 3.60. The summed E-state index contributed by atoms with van der Waals surface area (Å²) in [6.07, 6.45) is 0. The van der Waals surface area contributed by atoms with Crippen molar-refractivity contribution in [3.63, 3.8) is 0 Å². The molecule has 0 fully saturated rings. The molecule has 0 saturated heterocycles. The van der Waals surface area contributed by atoms with Crippen molar-refractivity contribution >= 4 is 43.9 Å². The summed E-state index contributed by atoms with van der Waals surface area (Å²) in [7, 11) is 4.98. The minimum atomic E-state index is -0.112. The average molecular weight is 491 g/mol. The lowest BCUT2D eigenvalue weighted by atomic mass is 10.1. The molecule has 0 spiro atoms. The number of hydrogen-bond acceptors (Lipinski definition) is 7. The Balaban J connectivity index is 1.46. The molecule has 0 aliphatic carbocycles. The van der Waals surface area contributed by atoms with E-state index in [-0.39, 0.29) is 5.91 Å². The molecular formula is C25H22N4O3S2. The Kier molecular flexibility index (Phi) is 5.80. The van der Waals surface area contributed by atoms with Crippen LogP contribution in [-0.4, -0.2) is 41.9 Å². The SMILES string of the molecule is COc1ccc(OC)c(-c2csc(N(C)C(=O)c3cc4c(C)nn(-c5ccccc5)c4s3)n2)c1. The highest BCUT2D eigenvalue weighted by Gasteiger charge is 2.23. The topological polar surface area (TPSA) is 69.5 Å². The van der Waals surface area contributed by atoms with Crippen molar-refractivity contribution in [2.45, 2.75) is 6.92 Å². The zero-order chi connectivity index (χ0) is 23.8. The number of methoxy groups -OCH3 is 2. The van der Waals surface area contributed by atoms with E-state index in [9.17, 15) is 4.79 Å². The fourth-order valence-electron chi connectivity index (χ4n) is 3.71. The molecule has 0 unspecified atom stereocenters. The molecule has 0 aliphatic rings. The summed E-state index contributed by atoms with van der Waals surface area (Å²) in [5, 5.41) is 8.15. The lowest BCUT2D eigenvalue weighted by molar-refractivity contribution is 0.0997. The van der Waals surface area contributed by atoms with Gasteiger partial charge in [0.05, 0.1) is 36.2 Å². The van der Waals surface area contributed by atoms with Crippen LogP contribution >= 0.6 is 22.7 Å². The van der Waals surface area contributed by atoms with E-state index in [1.165, 1.54) is 22.7 Å². The van der Waals surface area contributed by atoms with Gasteiger partial charge in [-0.1, -0.05) is 18.2 Å². The van der Waals surface area contributed by atoms with Crippen molar-refractivity contribution in [2.24, 2.45) is 0 Å². The summed E-state index contributed by atoms with van der Waals surface area (Å²) >= 11 is 2.84. The molecule has 0 saturated carbocycles. The van der Waals surface area contributed by atoms with E-state index < -0.39 is 0 Å². The third kappa shape index (κ3) is 3.82. The van der Waals surface area contributed by atoms with Crippen LogP contribution in [0, 0.1) is 6.92 Å². The number of ether oxygens (including phenoxy) is 2. The van der Waals surface area contributed by atoms with Crippen molar-refractivity contribution < 1.29 is 14.3 Å². The molecule has 0 bridgehead atoms. The fourth-order valence-corrected chi connectivity index (χ4v) is 5.65. The summed E-state index contributed by atoms with van der Waals surface area (Å²) in [6, 6.07) is 17.4. The van der Waals surface area contributed by atoms with Gasteiger partial charge < -0.3 is 9.47 Å². The van der Waals surface area contributed by atoms with Gasteiger partial charge in [-0.05, 0) is 43.3 Å². The Morgan fingerprint density at radius 1 is 1.06 bits per heavy atom. The third-order valence-electron chi connectivity index (χ3n) is 5.52. The predicted octanol–water partition coefficient (Wildman–Crippen LogP) is 5.81. The molecular weight excluding hydrogens is 468 g/mol. The molecule has 3 aromatic heterocycles. The second-order valence-electron chi connectivity index (χ2n) is 7.61. The van der Waals surface area contributed by atoms with E-state index in [0.29, 0.717) is 21.5 Å². The van der Waals surface area contributed by atoms with Crippen LogP contribution in [0.3, 0.4) is 0 Å². The molecule has 5 rings (SSSR count). The molecule has 172 valence electrons. The van der Waals surface area contributed by atoms with Gasteiger partial charge in [0, 0.05) is 23.4 Å². The zero-order valence-electron chi connectivity index (χ0n) is 19.1. The number of anilines is 1. The first-order valence-electron chi connectivity index (χ1n) is 10.5. The predicted molar refractivity (Wildman–Crippen MR) is 137 cm³/mol. The maximum absolute atomic E-state index is 13.4. The first-order chi connectivity index (χ1) is 16.5. The second kappa shape index (κ2) is 8.92. The van der Waals surface area contributed by atoms with E-state index in [1.54, 1.807) is 26.2 Å². The van der Waals surface area contributed by atoms with Crippen molar-refractivity contribution in [3.8, 4) is 28.4 Å². The highest BCUT2D eigenvalue weighted by Crippen LogP contribution is 2.37. The Hall–Kier alpha value is -3.69. The summed E-state index contributed by atoms with van der Waals surface area (Å²) in [4.78, 5) is 21.2. The van der Waals surface area contributed by atoms with Gasteiger partial charge in [-0.3, -0.25) is 9.69 Å². The fraction of sp³-hybridized carbons (Fsp3) is 0.160. The molecule has 7 nitrogen and oxygen atoms in total. The van der Waals surface area contributed by atoms with Crippen LogP contribution < -0.4 is 14.4 Å². The van der Waals surface area contributed by atoms with Crippen molar-refractivity contribution in [2.75, 3.05) is 26.2 Å². The van der Waals surface area contributed by atoms with Gasteiger partial charge in [0.2, 0.25) is 0 Å². The number of aryl methyl sites for hydroxylation is 1. The first kappa shape index (κ1) is 22.1. The lowest BCUT2D eigenvalue weighted by Crippen LogP contribution is -2.25. The van der Waals surface area contributed by atoms with Crippen LogP contribution in [0.15, 0.2) is 60.0 Å². The number of fused-ring (bicyclic) bond motifs is 1. The number of para-hydroxylation sites is 1. The normalized spacial score (nSPS) is 11.1. The van der Waals surface area contributed by atoms with E-state index in [4.69, 9.17) is 14.5 Å². The molecule has 9 heteroatoms. The van der Waals surface area contributed by atoms with E-state index >= 15 is 0 Å². The molecule has 0 radical (unpaired) electrons. The van der Waals surface area contributed by atoms with Crippen molar-refractivity contribution in [1.29, 1.82) is 0 Å². The second-order valence-corrected chi connectivity index (χ2v) is 9.48. The van der Waals surface area contributed by atoms with Crippen LogP contribution in [-0.2, 0) is 0 Å². The number of benzene rings is 2. The number of rotatable bonds is 6. The number of aromatic nitrogens is 3. The summed E-state index contributed by atoms with van der Waals surface area (Å²) in [5.74, 6) is 1.29. The van der Waals surface area contributed by atoms with Crippen molar-refractivity contribution in [1.82, 2.24) is 14.8 Å². The van der Waals surface area contributed by atoms with Crippen LogP contribution in [0.4, 0.5) is 5.13 Å². The van der Waals surface area contributed by atoms with Gasteiger partial charge in [-0.25, -0.2) is 9.67 Å². The van der Waals surface area contributed by atoms with Gasteiger partial charge in [0.25, 0.3) is 5.91 Å². The molecule has 1 amide bonds. The monoisotopic (exact) mass is 490 g/mol. The molecule has 5 aromatic rings. The third-order valence-corrected chi connectivity index (χ3v) is 7.54. The van der Waals surface area contributed by atoms with Crippen molar-refractivity contribution in [3.05, 3.63) is 70.5 Å². The van der Waals surface area contributed by atoms with Gasteiger partial charge in [0.1, 0.15) is 16.3 Å². The van der Waals surface area contributed by atoms with E-state index in [1.807, 2.05) is 71.6 Å². The quantitative estimate of drug-likeness (QED) is 0.300. The minimum Gasteiger partial charge on any atom is -0.497 e. The Morgan fingerprint density at radius 3 is 2.59 bits per heavy atom. The standard InChI is InChI=1S/C25H22N4O3S2/c1-15-18-13-22(34-24(18)29(27-15)16-8-6-5-7-9-16)23(30)28(2)25-26-20(14-33-25)19-12-17(31-3)10-11-21(19)32-4/h5-14H,1-4H3. The maximum Gasteiger partial charge on any atom is 0.269 e. The number of carbonyl (C=O) groups is 1.